The average molecular weight is 329 g/mol. The zero-order chi connectivity index (χ0) is 17.4. The maximum absolute atomic E-state index is 12.0. The molecule has 1 N–H and O–H groups in total. The number of hydrogen-bond donors (Lipinski definition) is 1. The second-order valence-corrected chi connectivity index (χ2v) is 4.81. The molecule has 0 saturated carbocycles. The topological polar surface area (TPSA) is 123 Å². The van der Waals surface area contributed by atoms with E-state index >= 15 is 0 Å². The Labute approximate surface area is 137 Å². The maximum Gasteiger partial charge on any atom is 0.389 e. The lowest BCUT2D eigenvalue weighted by Crippen LogP contribution is -2.19. The van der Waals surface area contributed by atoms with E-state index in [-0.39, 0.29) is 18.3 Å². The Bertz CT molecular complexity index is 765. The summed E-state index contributed by atoms with van der Waals surface area (Å²) in [6.45, 7) is 0.281. The molecule has 1 aromatic heterocycles. The minimum atomic E-state index is -0.623. The molecular weight excluding hydrogens is 314 g/mol. The zero-order valence-corrected chi connectivity index (χ0v) is 12.7. The molecule has 0 aliphatic rings. The van der Waals surface area contributed by atoms with E-state index in [4.69, 9.17) is 10.00 Å². The monoisotopic (exact) mass is 329 g/mol. The van der Waals surface area contributed by atoms with Gasteiger partial charge in [0.05, 0.1) is 30.0 Å². The Morgan fingerprint density at radius 1 is 1.46 bits per heavy atom. The van der Waals surface area contributed by atoms with Crippen molar-refractivity contribution in [3.8, 4) is 11.8 Å². The molecule has 0 fully saturated rings. The van der Waals surface area contributed by atoms with Gasteiger partial charge in [-0.25, -0.2) is 0 Å². The number of anilines is 1. The van der Waals surface area contributed by atoms with Crippen LogP contribution in [0, 0.1) is 21.4 Å². The van der Waals surface area contributed by atoms with Crippen molar-refractivity contribution in [2.45, 2.75) is 19.4 Å². The summed E-state index contributed by atoms with van der Waals surface area (Å²) >= 11 is 0. The first-order valence-corrected chi connectivity index (χ1v) is 7.16. The molecule has 9 heteroatoms. The summed E-state index contributed by atoms with van der Waals surface area (Å²) in [4.78, 5) is 21.9. The highest BCUT2D eigenvalue weighted by Gasteiger charge is 2.13. The Morgan fingerprint density at radius 3 is 3.00 bits per heavy atom. The van der Waals surface area contributed by atoms with Gasteiger partial charge in [0, 0.05) is 18.2 Å². The summed E-state index contributed by atoms with van der Waals surface area (Å²) in [6.07, 6.45) is 2.42. The number of benzene rings is 1. The summed E-state index contributed by atoms with van der Waals surface area (Å²) in [6, 6.07) is 10.1. The third kappa shape index (κ3) is 5.10. The average Bonchev–Trinajstić information content (AvgIpc) is 3.00. The van der Waals surface area contributed by atoms with Crippen LogP contribution in [0.1, 0.15) is 12.8 Å². The predicted octanol–water partition coefficient (Wildman–Crippen LogP) is 2.11. The Balaban J connectivity index is 1.88. The molecule has 0 unspecified atom stereocenters. The van der Waals surface area contributed by atoms with Crippen LogP contribution in [-0.2, 0) is 11.3 Å². The second kappa shape index (κ2) is 8.28. The number of amides is 1. The summed E-state index contributed by atoms with van der Waals surface area (Å²) in [5, 5.41) is 25.4. The van der Waals surface area contributed by atoms with Crippen molar-refractivity contribution >= 4 is 17.4 Å². The van der Waals surface area contributed by atoms with Gasteiger partial charge in [0.15, 0.2) is 0 Å². The maximum atomic E-state index is 12.0. The van der Waals surface area contributed by atoms with Gasteiger partial charge >= 0.3 is 5.82 Å². The van der Waals surface area contributed by atoms with Crippen LogP contribution >= 0.6 is 0 Å². The van der Waals surface area contributed by atoms with Gasteiger partial charge in [-0.05, 0) is 23.5 Å². The van der Waals surface area contributed by atoms with E-state index in [0.29, 0.717) is 30.9 Å². The number of hydrogen-bond acceptors (Lipinski definition) is 6. The normalized spacial score (nSPS) is 9.96. The van der Waals surface area contributed by atoms with Gasteiger partial charge in [-0.15, -0.1) is 0 Å². The Hall–Kier alpha value is -3.41. The fourth-order valence-electron chi connectivity index (χ4n) is 1.89. The van der Waals surface area contributed by atoms with E-state index in [1.807, 2.05) is 6.07 Å². The summed E-state index contributed by atoms with van der Waals surface area (Å²) < 4.78 is 6.67. The number of carbonyl (C=O) groups excluding carboxylic acids is 1. The predicted molar refractivity (Wildman–Crippen MR) is 84.3 cm³/mol. The highest BCUT2D eigenvalue weighted by atomic mass is 16.6. The van der Waals surface area contributed by atoms with E-state index in [1.165, 1.54) is 16.9 Å². The van der Waals surface area contributed by atoms with Crippen LogP contribution in [0.2, 0.25) is 0 Å². The largest absolute Gasteiger partial charge is 0.493 e. The van der Waals surface area contributed by atoms with Gasteiger partial charge in [-0.1, -0.05) is 6.07 Å². The smallest absolute Gasteiger partial charge is 0.389 e. The number of ether oxygens (including phenoxy) is 1. The van der Waals surface area contributed by atoms with Crippen LogP contribution < -0.4 is 10.1 Å². The first kappa shape index (κ1) is 17.0. The molecule has 9 nitrogen and oxygen atoms in total. The SMILES string of the molecule is N#CCCCOc1cccc(NC(=O)Cn2ccc([N+](=O)[O-])n2)c1. The number of carbonyl (C=O) groups is 1. The minimum absolute atomic E-state index is 0.138. The van der Waals surface area contributed by atoms with Crippen molar-refractivity contribution in [1.82, 2.24) is 9.78 Å². The number of nitrogens with zero attached hydrogens (tertiary/aromatic N) is 4. The fourth-order valence-corrected chi connectivity index (χ4v) is 1.89. The van der Waals surface area contributed by atoms with E-state index in [9.17, 15) is 14.9 Å². The van der Waals surface area contributed by atoms with Crippen LogP contribution in [0.25, 0.3) is 0 Å². The molecule has 0 saturated heterocycles. The van der Waals surface area contributed by atoms with E-state index in [1.54, 1.807) is 24.3 Å². The molecule has 0 aliphatic heterocycles. The molecule has 0 radical (unpaired) electrons. The second-order valence-electron chi connectivity index (χ2n) is 4.81. The minimum Gasteiger partial charge on any atom is -0.493 e. The van der Waals surface area contributed by atoms with Crippen LogP contribution in [-0.4, -0.2) is 27.2 Å². The van der Waals surface area contributed by atoms with Gasteiger partial charge in [-0.2, -0.15) is 9.94 Å². The standard InChI is InChI=1S/C15H15N5O4/c16-7-1-2-9-24-13-5-3-4-12(10-13)17-15(21)11-19-8-6-14(18-19)20(22)23/h3-6,8,10H,1-2,9,11H2,(H,17,21). The molecule has 1 amide bonds. The molecule has 124 valence electrons. The number of aromatic nitrogens is 2. The zero-order valence-electron chi connectivity index (χ0n) is 12.7. The molecular formula is C15H15N5O4. The van der Waals surface area contributed by atoms with Crippen molar-refractivity contribution in [3.05, 3.63) is 46.6 Å². The first-order chi connectivity index (χ1) is 11.6. The molecule has 0 bridgehead atoms. The van der Waals surface area contributed by atoms with Crippen molar-refractivity contribution in [1.29, 1.82) is 5.26 Å². The summed E-state index contributed by atoms with van der Waals surface area (Å²) in [7, 11) is 0. The van der Waals surface area contributed by atoms with Crippen LogP contribution in [0.15, 0.2) is 36.5 Å². The van der Waals surface area contributed by atoms with Gasteiger partial charge in [0.2, 0.25) is 5.91 Å². The summed E-state index contributed by atoms with van der Waals surface area (Å²) in [5.41, 5.74) is 0.541. The molecule has 2 aromatic rings. The van der Waals surface area contributed by atoms with Crippen molar-refractivity contribution in [2.24, 2.45) is 0 Å². The number of unbranched alkanes of at least 4 members (excludes halogenated alkanes) is 1. The highest BCUT2D eigenvalue weighted by molar-refractivity contribution is 5.90. The molecule has 0 atom stereocenters. The van der Waals surface area contributed by atoms with E-state index < -0.39 is 4.92 Å². The molecule has 0 spiro atoms. The highest BCUT2D eigenvalue weighted by Crippen LogP contribution is 2.17. The molecule has 1 aromatic carbocycles. The molecule has 1 heterocycles. The lowest BCUT2D eigenvalue weighted by molar-refractivity contribution is -0.389. The van der Waals surface area contributed by atoms with Crippen molar-refractivity contribution in [2.75, 3.05) is 11.9 Å². The quantitative estimate of drug-likeness (QED) is 0.449. The van der Waals surface area contributed by atoms with Crippen LogP contribution in [0.5, 0.6) is 5.75 Å². The molecule has 24 heavy (non-hydrogen) atoms. The van der Waals surface area contributed by atoms with Gasteiger partial charge in [-0.3, -0.25) is 4.79 Å². The van der Waals surface area contributed by atoms with Crippen LogP contribution in [0.3, 0.4) is 0 Å². The van der Waals surface area contributed by atoms with Crippen molar-refractivity contribution in [3.63, 3.8) is 0 Å². The van der Waals surface area contributed by atoms with Gasteiger partial charge in [0.25, 0.3) is 0 Å². The van der Waals surface area contributed by atoms with E-state index in [0.717, 1.165) is 0 Å². The van der Waals surface area contributed by atoms with E-state index in [2.05, 4.69) is 10.4 Å². The lowest BCUT2D eigenvalue weighted by Gasteiger charge is -2.08. The number of nitro groups is 1. The third-order valence-corrected chi connectivity index (χ3v) is 2.94. The number of nitriles is 1. The summed E-state index contributed by atoms with van der Waals surface area (Å²) in [5.74, 6) is -0.0920. The fraction of sp³-hybridized carbons (Fsp3) is 0.267. The molecule has 0 aliphatic carbocycles. The third-order valence-electron chi connectivity index (χ3n) is 2.94. The van der Waals surface area contributed by atoms with Crippen molar-refractivity contribution < 1.29 is 14.5 Å². The first-order valence-electron chi connectivity index (χ1n) is 7.16. The van der Waals surface area contributed by atoms with Gasteiger partial charge < -0.3 is 20.2 Å². The molecule has 2 rings (SSSR count). The van der Waals surface area contributed by atoms with Crippen LogP contribution in [0.4, 0.5) is 11.5 Å². The lowest BCUT2D eigenvalue weighted by atomic mass is 10.3. The Kier molecular flexibility index (Phi) is 5.85. The van der Waals surface area contributed by atoms with Gasteiger partial charge in [0.1, 0.15) is 12.3 Å². The number of nitrogens with one attached hydrogen (secondary N) is 1. The number of rotatable bonds is 8. The Morgan fingerprint density at radius 2 is 2.29 bits per heavy atom.